The summed E-state index contributed by atoms with van der Waals surface area (Å²) in [7, 11) is 0. The van der Waals surface area contributed by atoms with Gasteiger partial charge in [0.1, 0.15) is 17.3 Å². The van der Waals surface area contributed by atoms with Crippen LogP contribution in [0.2, 0.25) is 0 Å². The van der Waals surface area contributed by atoms with Crippen LogP contribution < -0.4 is 0 Å². The highest BCUT2D eigenvalue weighted by atomic mass is 19.1. The SMILES string of the molecule is Cc1noc(C)c1C1CCCN1C(=O)c1cc(-c2ccc(F)cc2)no1. The maximum atomic E-state index is 13.1. The molecule has 7 heteroatoms. The van der Waals surface area contributed by atoms with Crippen molar-refractivity contribution in [2.45, 2.75) is 32.7 Å². The molecule has 3 aromatic rings. The van der Waals surface area contributed by atoms with Gasteiger partial charge in [-0.05, 0) is 51.0 Å². The molecule has 1 fully saturated rings. The van der Waals surface area contributed by atoms with Crippen LogP contribution >= 0.6 is 0 Å². The Balaban J connectivity index is 1.60. The van der Waals surface area contributed by atoms with Crippen LogP contribution in [-0.4, -0.2) is 27.7 Å². The second kappa shape index (κ2) is 6.40. The fourth-order valence-electron chi connectivity index (χ4n) is 3.55. The third-order valence-corrected chi connectivity index (χ3v) is 4.80. The van der Waals surface area contributed by atoms with E-state index in [4.69, 9.17) is 9.05 Å². The Kier molecular flexibility index (Phi) is 4.06. The number of aryl methyl sites for hydroxylation is 2. The molecule has 1 amide bonds. The minimum Gasteiger partial charge on any atom is -0.361 e. The largest absolute Gasteiger partial charge is 0.361 e. The standard InChI is InChI=1S/C19H18FN3O3/c1-11-18(12(2)25-21-11)16-4-3-9-23(16)19(24)17-10-15(22-26-17)13-5-7-14(20)8-6-13/h5-8,10,16H,3-4,9H2,1-2H3. The van der Waals surface area contributed by atoms with Crippen molar-refractivity contribution >= 4 is 5.91 Å². The van der Waals surface area contributed by atoms with Gasteiger partial charge >= 0.3 is 0 Å². The summed E-state index contributed by atoms with van der Waals surface area (Å²) in [6.07, 6.45) is 1.76. The minimum absolute atomic E-state index is 0.0758. The van der Waals surface area contributed by atoms with Crippen LogP contribution in [0.15, 0.2) is 39.4 Å². The van der Waals surface area contributed by atoms with Gasteiger partial charge in [-0.15, -0.1) is 0 Å². The van der Waals surface area contributed by atoms with Crippen LogP contribution in [-0.2, 0) is 0 Å². The van der Waals surface area contributed by atoms with Gasteiger partial charge in [-0.2, -0.15) is 0 Å². The first-order chi connectivity index (χ1) is 12.5. The van der Waals surface area contributed by atoms with Crippen LogP contribution in [0, 0.1) is 19.7 Å². The lowest BCUT2D eigenvalue weighted by Gasteiger charge is -2.23. The van der Waals surface area contributed by atoms with Crippen molar-refractivity contribution in [3.63, 3.8) is 0 Å². The number of carbonyl (C=O) groups excluding carboxylic acids is 1. The Labute approximate surface area is 149 Å². The van der Waals surface area contributed by atoms with Crippen molar-refractivity contribution in [1.82, 2.24) is 15.2 Å². The molecule has 1 aromatic carbocycles. The average molecular weight is 355 g/mol. The molecule has 26 heavy (non-hydrogen) atoms. The van der Waals surface area contributed by atoms with E-state index < -0.39 is 0 Å². The second-order valence-corrected chi connectivity index (χ2v) is 6.48. The highest BCUT2D eigenvalue weighted by Gasteiger charge is 2.35. The molecule has 0 radical (unpaired) electrons. The van der Waals surface area contributed by atoms with Crippen molar-refractivity contribution in [3.8, 4) is 11.3 Å². The van der Waals surface area contributed by atoms with E-state index in [1.54, 1.807) is 23.1 Å². The van der Waals surface area contributed by atoms with E-state index >= 15 is 0 Å². The molecule has 0 saturated carbocycles. The molecule has 0 aliphatic carbocycles. The van der Waals surface area contributed by atoms with Gasteiger partial charge < -0.3 is 13.9 Å². The number of hydrogen-bond donors (Lipinski definition) is 0. The summed E-state index contributed by atoms with van der Waals surface area (Å²) in [5, 5.41) is 7.95. The first kappa shape index (κ1) is 16.5. The zero-order valence-electron chi connectivity index (χ0n) is 14.5. The third kappa shape index (κ3) is 2.79. The monoisotopic (exact) mass is 355 g/mol. The maximum absolute atomic E-state index is 13.1. The van der Waals surface area contributed by atoms with E-state index in [0.717, 1.165) is 29.9 Å². The van der Waals surface area contributed by atoms with Gasteiger partial charge in [-0.25, -0.2) is 4.39 Å². The molecule has 1 aliphatic rings. The highest BCUT2D eigenvalue weighted by Crippen LogP contribution is 2.36. The molecule has 3 heterocycles. The van der Waals surface area contributed by atoms with Gasteiger partial charge in [0.05, 0.1) is 11.7 Å². The lowest BCUT2D eigenvalue weighted by atomic mass is 10.0. The maximum Gasteiger partial charge on any atom is 0.293 e. The number of benzene rings is 1. The van der Waals surface area contributed by atoms with Crippen LogP contribution in [0.5, 0.6) is 0 Å². The quantitative estimate of drug-likeness (QED) is 0.708. The number of carbonyl (C=O) groups is 1. The Bertz CT molecular complexity index is 926. The highest BCUT2D eigenvalue weighted by molar-refractivity contribution is 5.93. The van der Waals surface area contributed by atoms with Gasteiger partial charge in [0, 0.05) is 23.7 Å². The van der Waals surface area contributed by atoms with Crippen LogP contribution in [0.1, 0.15) is 46.5 Å². The topological polar surface area (TPSA) is 72.4 Å². The summed E-state index contributed by atoms with van der Waals surface area (Å²) in [6.45, 7) is 4.38. The van der Waals surface area contributed by atoms with Gasteiger partial charge in [-0.3, -0.25) is 4.79 Å². The van der Waals surface area contributed by atoms with Crippen molar-refractivity contribution in [3.05, 3.63) is 58.9 Å². The fraction of sp³-hybridized carbons (Fsp3) is 0.316. The Morgan fingerprint density at radius 1 is 1.19 bits per heavy atom. The summed E-state index contributed by atoms with van der Waals surface area (Å²) in [5.74, 6) is 0.362. The molecule has 1 aliphatic heterocycles. The van der Waals surface area contributed by atoms with Crippen molar-refractivity contribution < 1.29 is 18.2 Å². The molecule has 1 unspecified atom stereocenters. The second-order valence-electron chi connectivity index (χ2n) is 6.48. The van der Waals surface area contributed by atoms with Gasteiger partial charge in [0.2, 0.25) is 5.76 Å². The zero-order chi connectivity index (χ0) is 18.3. The molecular formula is C19H18FN3O3. The van der Waals surface area contributed by atoms with E-state index in [9.17, 15) is 9.18 Å². The predicted molar refractivity (Wildman–Crippen MR) is 90.9 cm³/mol. The lowest BCUT2D eigenvalue weighted by molar-refractivity contribution is 0.0692. The number of likely N-dealkylation sites (tertiary alicyclic amines) is 1. The van der Waals surface area contributed by atoms with Crippen LogP contribution in [0.25, 0.3) is 11.3 Å². The summed E-state index contributed by atoms with van der Waals surface area (Å²) in [5.41, 5.74) is 2.96. The molecule has 1 saturated heterocycles. The Hall–Kier alpha value is -2.96. The third-order valence-electron chi connectivity index (χ3n) is 4.80. The molecule has 134 valence electrons. The molecule has 0 spiro atoms. The summed E-state index contributed by atoms with van der Waals surface area (Å²) < 4.78 is 23.6. The summed E-state index contributed by atoms with van der Waals surface area (Å²) >= 11 is 0. The fourth-order valence-corrected chi connectivity index (χ4v) is 3.55. The number of aromatic nitrogens is 2. The average Bonchev–Trinajstić information content (AvgIpc) is 3.35. The van der Waals surface area contributed by atoms with Crippen LogP contribution in [0.3, 0.4) is 0 Å². The van der Waals surface area contributed by atoms with E-state index in [1.807, 2.05) is 13.8 Å². The van der Waals surface area contributed by atoms with Gasteiger partial charge in [0.15, 0.2) is 0 Å². The first-order valence-corrected chi connectivity index (χ1v) is 8.51. The molecule has 0 N–H and O–H groups in total. The molecular weight excluding hydrogens is 337 g/mol. The first-order valence-electron chi connectivity index (χ1n) is 8.51. The van der Waals surface area contributed by atoms with Crippen molar-refractivity contribution in [2.24, 2.45) is 0 Å². The van der Waals surface area contributed by atoms with E-state index in [1.165, 1.54) is 12.1 Å². The Morgan fingerprint density at radius 3 is 2.65 bits per heavy atom. The van der Waals surface area contributed by atoms with Crippen LogP contribution in [0.4, 0.5) is 4.39 Å². The smallest absolute Gasteiger partial charge is 0.293 e. The number of rotatable bonds is 3. The summed E-state index contributed by atoms with van der Waals surface area (Å²) in [6, 6.07) is 7.42. The molecule has 1 atom stereocenters. The molecule has 4 rings (SSSR count). The molecule has 2 aromatic heterocycles. The minimum atomic E-state index is -0.326. The number of halogens is 1. The van der Waals surface area contributed by atoms with Gasteiger partial charge in [-0.1, -0.05) is 10.3 Å². The van der Waals surface area contributed by atoms with E-state index in [2.05, 4.69) is 10.3 Å². The van der Waals surface area contributed by atoms with Gasteiger partial charge in [0.25, 0.3) is 5.91 Å². The lowest BCUT2D eigenvalue weighted by Crippen LogP contribution is -2.30. The van der Waals surface area contributed by atoms with Crippen molar-refractivity contribution in [1.29, 1.82) is 0 Å². The van der Waals surface area contributed by atoms with E-state index in [0.29, 0.717) is 17.8 Å². The number of hydrogen-bond acceptors (Lipinski definition) is 5. The summed E-state index contributed by atoms with van der Waals surface area (Å²) in [4.78, 5) is 14.7. The van der Waals surface area contributed by atoms with E-state index in [-0.39, 0.29) is 23.5 Å². The predicted octanol–water partition coefficient (Wildman–Crippen LogP) is 4.06. The van der Waals surface area contributed by atoms with Crippen molar-refractivity contribution in [2.75, 3.05) is 6.54 Å². The Morgan fingerprint density at radius 2 is 1.96 bits per heavy atom. The molecule has 0 bridgehead atoms. The normalized spacial score (nSPS) is 17.0. The number of nitrogens with zero attached hydrogens (tertiary/aromatic N) is 3. The number of amides is 1. The zero-order valence-corrected chi connectivity index (χ0v) is 14.5. The molecule has 6 nitrogen and oxygen atoms in total.